The van der Waals surface area contributed by atoms with Crippen molar-refractivity contribution in [1.29, 1.82) is 0 Å². The summed E-state index contributed by atoms with van der Waals surface area (Å²) in [5.74, 6) is -0.833. The molecule has 0 radical (unpaired) electrons. The molecule has 0 saturated carbocycles. The number of benzene rings is 1. The number of nitro groups is 1. The summed E-state index contributed by atoms with van der Waals surface area (Å²) in [6.07, 6.45) is 0. The molecule has 0 heterocycles. The monoisotopic (exact) mass is 269 g/mol. The van der Waals surface area contributed by atoms with Crippen molar-refractivity contribution in [1.82, 2.24) is 0 Å². The fourth-order valence-corrected chi connectivity index (χ4v) is 2.30. The third-order valence-corrected chi connectivity index (χ3v) is 4.10. The van der Waals surface area contributed by atoms with Crippen molar-refractivity contribution in [2.24, 2.45) is 5.92 Å². The summed E-state index contributed by atoms with van der Waals surface area (Å²) in [5, 5.41) is 20.0. The Morgan fingerprint density at radius 2 is 2.00 bits per heavy atom. The lowest BCUT2D eigenvalue weighted by atomic mass is 10.1. The minimum atomic E-state index is -1.28. The van der Waals surface area contributed by atoms with Gasteiger partial charge in [-0.25, -0.2) is 4.79 Å². The average molecular weight is 269 g/mol. The van der Waals surface area contributed by atoms with E-state index in [4.69, 9.17) is 5.11 Å². The summed E-state index contributed by atoms with van der Waals surface area (Å²) in [5.41, 5.74) is -0.634. The first-order valence-corrected chi connectivity index (χ1v) is 6.39. The number of carboxylic acids is 1. The maximum absolute atomic E-state index is 11.0. The zero-order chi connectivity index (χ0) is 13.9. The highest BCUT2D eigenvalue weighted by atomic mass is 32.2. The van der Waals surface area contributed by atoms with Gasteiger partial charge < -0.3 is 5.11 Å². The second kappa shape index (κ2) is 5.86. The van der Waals surface area contributed by atoms with Crippen molar-refractivity contribution in [2.45, 2.75) is 30.9 Å². The van der Waals surface area contributed by atoms with E-state index in [0.717, 1.165) is 4.90 Å². The number of rotatable bonds is 5. The molecular weight excluding hydrogens is 254 g/mol. The number of aromatic carboxylic acids is 1. The molecule has 1 aromatic carbocycles. The van der Waals surface area contributed by atoms with E-state index in [1.165, 1.54) is 23.9 Å². The van der Waals surface area contributed by atoms with Gasteiger partial charge >= 0.3 is 5.97 Å². The van der Waals surface area contributed by atoms with E-state index in [9.17, 15) is 14.9 Å². The predicted octanol–water partition coefficient (Wildman–Crippen LogP) is 3.43. The molecule has 0 fully saturated rings. The third kappa shape index (κ3) is 3.46. The summed E-state index contributed by atoms with van der Waals surface area (Å²) in [6, 6.07) is 4.21. The second-order valence-corrected chi connectivity index (χ2v) is 5.76. The summed E-state index contributed by atoms with van der Waals surface area (Å²) in [7, 11) is 0. The number of hydrogen-bond donors (Lipinski definition) is 1. The van der Waals surface area contributed by atoms with Gasteiger partial charge in [-0.1, -0.05) is 20.8 Å². The zero-order valence-corrected chi connectivity index (χ0v) is 11.2. The third-order valence-electron chi connectivity index (χ3n) is 2.66. The van der Waals surface area contributed by atoms with Gasteiger partial charge in [0, 0.05) is 16.2 Å². The molecular formula is C12H15NO4S. The van der Waals surface area contributed by atoms with E-state index in [1.54, 1.807) is 6.07 Å². The van der Waals surface area contributed by atoms with Crippen LogP contribution in [0.15, 0.2) is 23.1 Å². The first-order valence-electron chi connectivity index (χ1n) is 5.51. The van der Waals surface area contributed by atoms with Crippen LogP contribution < -0.4 is 0 Å². The molecule has 0 bridgehead atoms. The molecule has 98 valence electrons. The van der Waals surface area contributed by atoms with E-state index in [0.29, 0.717) is 11.2 Å². The maximum Gasteiger partial charge on any atom is 0.342 e. The number of carboxylic acid groups (broad SMARTS) is 1. The number of hydrogen-bond acceptors (Lipinski definition) is 4. The van der Waals surface area contributed by atoms with Gasteiger partial charge in [0.2, 0.25) is 0 Å². The maximum atomic E-state index is 11.0. The van der Waals surface area contributed by atoms with Crippen LogP contribution in [0.3, 0.4) is 0 Å². The largest absolute Gasteiger partial charge is 0.477 e. The highest BCUT2D eigenvalue weighted by molar-refractivity contribution is 8.00. The summed E-state index contributed by atoms with van der Waals surface area (Å²) < 4.78 is 0. The molecule has 18 heavy (non-hydrogen) atoms. The summed E-state index contributed by atoms with van der Waals surface area (Å²) in [6.45, 7) is 6.18. The van der Waals surface area contributed by atoms with Gasteiger partial charge in [0.05, 0.1) is 4.92 Å². The van der Waals surface area contributed by atoms with Crippen LogP contribution in [0, 0.1) is 16.0 Å². The van der Waals surface area contributed by atoms with E-state index >= 15 is 0 Å². The summed E-state index contributed by atoms with van der Waals surface area (Å²) in [4.78, 5) is 21.7. The standard InChI is InChI=1S/C12H15NO4S/c1-7(2)8(3)18-9-4-5-11(13(16)17)10(6-9)12(14)15/h4-8H,1-3H3,(H,14,15). The van der Waals surface area contributed by atoms with Crippen LogP contribution in [-0.2, 0) is 0 Å². The lowest BCUT2D eigenvalue weighted by molar-refractivity contribution is -0.385. The van der Waals surface area contributed by atoms with Crippen LogP contribution in [0.4, 0.5) is 5.69 Å². The van der Waals surface area contributed by atoms with E-state index in [2.05, 4.69) is 13.8 Å². The van der Waals surface area contributed by atoms with Gasteiger partial charge in [-0.3, -0.25) is 10.1 Å². The molecule has 0 aliphatic heterocycles. The number of nitro benzene ring substituents is 1. The van der Waals surface area contributed by atoms with E-state index in [1.807, 2.05) is 6.92 Å². The van der Waals surface area contributed by atoms with Crippen molar-refractivity contribution in [3.05, 3.63) is 33.9 Å². The Labute approximate surface area is 109 Å². The molecule has 6 heteroatoms. The predicted molar refractivity (Wildman–Crippen MR) is 70.2 cm³/mol. The molecule has 0 amide bonds. The molecule has 1 rings (SSSR count). The van der Waals surface area contributed by atoms with Gasteiger partial charge in [0.25, 0.3) is 5.69 Å². The number of thioether (sulfide) groups is 1. The molecule has 1 aromatic rings. The van der Waals surface area contributed by atoms with Crippen LogP contribution in [0.2, 0.25) is 0 Å². The quantitative estimate of drug-likeness (QED) is 0.503. The molecule has 0 spiro atoms. The van der Waals surface area contributed by atoms with Crippen LogP contribution in [0.5, 0.6) is 0 Å². The molecule has 1 N–H and O–H groups in total. The van der Waals surface area contributed by atoms with Crippen molar-refractivity contribution >= 4 is 23.4 Å². The van der Waals surface area contributed by atoms with E-state index in [-0.39, 0.29) is 11.3 Å². The molecule has 0 aliphatic rings. The lowest BCUT2D eigenvalue weighted by Gasteiger charge is -2.14. The smallest absolute Gasteiger partial charge is 0.342 e. The fourth-order valence-electron chi connectivity index (χ4n) is 1.27. The normalized spacial score (nSPS) is 12.4. The minimum Gasteiger partial charge on any atom is -0.477 e. The molecule has 5 nitrogen and oxygen atoms in total. The topological polar surface area (TPSA) is 80.4 Å². The molecule has 1 atom stereocenters. The van der Waals surface area contributed by atoms with Gasteiger partial charge in [-0.15, -0.1) is 11.8 Å². The van der Waals surface area contributed by atoms with Gasteiger partial charge in [0.15, 0.2) is 0 Å². The first-order chi connectivity index (χ1) is 8.32. The lowest BCUT2D eigenvalue weighted by Crippen LogP contribution is -2.06. The highest BCUT2D eigenvalue weighted by Crippen LogP contribution is 2.31. The Morgan fingerprint density at radius 3 is 2.44 bits per heavy atom. The molecule has 0 aromatic heterocycles. The van der Waals surface area contributed by atoms with Gasteiger partial charge in [0.1, 0.15) is 5.56 Å². The van der Waals surface area contributed by atoms with Crippen LogP contribution in [0.25, 0.3) is 0 Å². The van der Waals surface area contributed by atoms with E-state index < -0.39 is 10.9 Å². The van der Waals surface area contributed by atoms with Crippen molar-refractivity contribution in [3.63, 3.8) is 0 Å². The van der Waals surface area contributed by atoms with Gasteiger partial charge in [-0.2, -0.15) is 0 Å². The fraction of sp³-hybridized carbons (Fsp3) is 0.417. The van der Waals surface area contributed by atoms with Crippen molar-refractivity contribution in [3.8, 4) is 0 Å². The van der Waals surface area contributed by atoms with Crippen LogP contribution in [-0.4, -0.2) is 21.2 Å². The number of carbonyl (C=O) groups is 1. The van der Waals surface area contributed by atoms with Crippen molar-refractivity contribution < 1.29 is 14.8 Å². The Kier molecular flexibility index (Phi) is 4.72. The zero-order valence-electron chi connectivity index (χ0n) is 10.4. The Morgan fingerprint density at radius 1 is 1.39 bits per heavy atom. The highest BCUT2D eigenvalue weighted by Gasteiger charge is 2.20. The Balaban J connectivity index is 3.08. The average Bonchev–Trinajstić information content (AvgIpc) is 2.28. The minimum absolute atomic E-state index is 0.263. The molecule has 1 unspecified atom stereocenters. The Bertz CT molecular complexity index is 473. The second-order valence-electron chi connectivity index (χ2n) is 4.31. The first kappa shape index (κ1) is 14.5. The van der Waals surface area contributed by atoms with Gasteiger partial charge in [-0.05, 0) is 18.1 Å². The summed E-state index contributed by atoms with van der Waals surface area (Å²) >= 11 is 1.52. The Hall–Kier alpha value is -1.56. The van der Waals surface area contributed by atoms with Crippen LogP contribution in [0.1, 0.15) is 31.1 Å². The van der Waals surface area contributed by atoms with Crippen LogP contribution >= 0.6 is 11.8 Å². The molecule has 0 saturated heterocycles. The number of nitrogens with zero attached hydrogens (tertiary/aromatic N) is 1. The SMILES string of the molecule is CC(C)C(C)Sc1ccc([N+](=O)[O-])c(C(=O)O)c1. The molecule has 0 aliphatic carbocycles. The van der Waals surface area contributed by atoms with Crippen molar-refractivity contribution in [2.75, 3.05) is 0 Å².